The van der Waals surface area contributed by atoms with Gasteiger partial charge in [0.25, 0.3) is 0 Å². The number of ether oxygens (including phenoxy) is 1. The monoisotopic (exact) mass is 375 g/mol. The fourth-order valence-corrected chi connectivity index (χ4v) is 4.94. The minimum Gasteiger partial charge on any atom is -0.385 e. The van der Waals surface area contributed by atoms with Crippen LogP contribution in [0.5, 0.6) is 0 Å². The smallest absolute Gasteiger partial charge is 0.225 e. The van der Waals surface area contributed by atoms with Crippen LogP contribution in [0.4, 0.5) is 0 Å². The van der Waals surface area contributed by atoms with Crippen molar-refractivity contribution in [1.82, 2.24) is 14.1 Å². The summed E-state index contributed by atoms with van der Waals surface area (Å²) in [4.78, 5) is 17.3. The van der Waals surface area contributed by atoms with Crippen LogP contribution in [0.15, 0.2) is 0 Å². The van der Waals surface area contributed by atoms with E-state index in [-0.39, 0.29) is 11.8 Å². The first-order chi connectivity index (χ1) is 11.7. The Bertz CT molecular complexity index is 534. The van der Waals surface area contributed by atoms with Gasteiger partial charge in [-0.25, -0.2) is 12.7 Å². The van der Waals surface area contributed by atoms with Crippen LogP contribution in [0, 0.1) is 5.92 Å². The van der Waals surface area contributed by atoms with Crippen LogP contribution in [-0.2, 0) is 19.6 Å². The number of nitrogens with zero attached hydrogens (tertiary/aromatic N) is 3. The maximum Gasteiger partial charge on any atom is 0.225 e. The highest BCUT2D eigenvalue weighted by atomic mass is 32.2. The maximum absolute atomic E-state index is 12.9. The number of hydrogen-bond donors (Lipinski definition) is 0. The molecule has 146 valence electrons. The molecule has 0 aromatic rings. The molecule has 0 saturated carbocycles. The van der Waals surface area contributed by atoms with Gasteiger partial charge in [0, 0.05) is 64.4 Å². The predicted molar refractivity (Wildman–Crippen MR) is 97.8 cm³/mol. The molecular formula is C17H33N3O4S. The van der Waals surface area contributed by atoms with Crippen molar-refractivity contribution in [2.24, 2.45) is 5.92 Å². The minimum atomic E-state index is -3.14. The van der Waals surface area contributed by atoms with E-state index >= 15 is 0 Å². The van der Waals surface area contributed by atoms with E-state index in [2.05, 4.69) is 18.7 Å². The number of carbonyl (C=O) groups is 1. The average molecular weight is 376 g/mol. The van der Waals surface area contributed by atoms with Crippen molar-refractivity contribution in [3.8, 4) is 0 Å². The lowest BCUT2D eigenvalue weighted by Crippen LogP contribution is -2.59. The molecule has 2 unspecified atom stereocenters. The van der Waals surface area contributed by atoms with Gasteiger partial charge < -0.3 is 9.64 Å². The Labute approximate surface area is 152 Å². The SMILES string of the molecule is COCCCN1C(C)CN(C(=O)C2CCN(S(C)(=O)=O)CC2)CC1C. The number of carbonyl (C=O) groups excluding carboxylic acids is 1. The van der Waals surface area contributed by atoms with Gasteiger partial charge in [-0.1, -0.05) is 0 Å². The second kappa shape index (κ2) is 8.79. The standard InChI is InChI=1S/C17H33N3O4S/c1-14-12-18(13-15(2)20(14)8-5-11-24-3)17(21)16-6-9-19(10-7-16)25(4,22)23/h14-16H,5-13H2,1-4H3. The highest BCUT2D eigenvalue weighted by molar-refractivity contribution is 7.88. The van der Waals surface area contributed by atoms with Gasteiger partial charge in [-0.05, 0) is 33.1 Å². The van der Waals surface area contributed by atoms with E-state index in [9.17, 15) is 13.2 Å². The second-order valence-corrected chi connectivity index (χ2v) is 9.44. The van der Waals surface area contributed by atoms with Gasteiger partial charge in [-0.2, -0.15) is 0 Å². The predicted octanol–water partition coefficient (Wildman–Crippen LogP) is 0.616. The lowest BCUT2D eigenvalue weighted by atomic mass is 9.95. The molecule has 0 N–H and O–H groups in total. The zero-order valence-corrected chi connectivity index (χ0v) is 16.8. The van der Waals surface area contributed by atoms with Crippen molar-refractivity contribution >= 4 is 15.9 Å². The van der Waals surface area contributed by atoms with E-state index in [1.807, 2.05) is 4.90 Å². The third-order valence-electron chi connectivity index (χ3n) is 5.45. The fraction of sp³-hybridized carbons (Fsp3) is 0.941. The Morgan fingerprint density at radius 1 is 1.12 bits per heavy atom. The molecule has 1 amide bonds. The lowest BCUT2D eigenvalue weighted by Gasteiger charge is -2.45. The van der Waals surface area contributed by atoms with Gasteiger partial charge in [0.1, 0.15) is 0 Å². The normalized spacial score (nSPS) is 27.6. The number of hydrogen-bond acceptors (Lipinski definition) is 5. The van der Waals surface area contributed by atoms with Crippen LogP contribution in [0.25, 0.3) is 0 Å². The molecular weight excluding hydrogens is 342 g/mol. The highest BCUT2D eigenvalue weighted by Gasteiger charge is 2.36. The number of piperazine rings is 1. The summed E-state index contributed by atoms with van der Waals surface area (Å²) in [6.45, 7) is 8.52. The van der Waals surface area contributed by atoms with Gasteiger partial charge in [-0.3, -0.25) is 9.69 Å². The topological polar surface area (TPSA) is 70.2 Å². The van der Waals surface area contributed by atoms with Crippen LogP contribution in [0.1, 0.15) is 33.1 Å². The molecule has 0 aromatic heterocycles. The van der Waals surface area contributed by atoms with E-state index in [0.717, 1.165) is 32.7 Å². The molecule has 0 aromatic carbocycles. The Morgan fingerprint density at radius 2 is 1.68 bits per heavy atom. The molecule has 7 nitrogen and oxygen atoms in total. The Morgan fingerprint density at radius 3 is 2.16 bits per heavy atom. The van der Waals surface area contributed by atoms with E-state index in [1.165, 1.54) is 10.6 Å². The first-order valence-corrected chi connectivity index (χ1v) is 11.1. The highest BCUT2D eigenvalue weighted by Crippen LogP contribution is 2.24. The molecule has 0 radical (unpaired) electrons. The van der Waals surface area contributed by atoms with Crippen molar-refractivity contribution in [2.75, 3.05) is 52.7 Å². The molecule has 0 bridgehead atoms. The van der Waals surface area contributed by atoms with Gasteiger partial charge in [0.15, 0.2) is 0 Å². The quantitative estimate of drug-likeness (QED) is 0.637. The van der Waals surface area contributed by atoms with Gasteiger partial charge in [0.05, 0.1) is 6.26 Å². The number of sulfonamides is 1. The number of rotatable bonds is 6. The Hall–Kier alpha value is -0.700. The van der Waals surface area contributed by atoms with Crippen molar-refractivity contribution < 1.29 is 17.9 Å². The van der Waals surface area contributed by atoms with Crippen LogP contribution in [0.2, 0.25) is 0 Å². The first kappa shape index (κ1) is 20.6. The van der Waals surface area contributed by atoms with Crippen LogP contribution in [-0.4, -0.2) is 93.2 Å². The van der Waals surface area contributed by atoms with Crippen LogP contribution in [0.3, 0.4) is 0 Å². The minimum absolute atomic E-state index is 0.0440. The van der Waals surface area contributed by atoms with Crippen molar-refractivity contribution in [3.63, 3.8) is 0 Å². The zero-order valence-electron chi connectivity index (χ0n) is 16.0. The van der Waals surface area contributed by atoms with Crippen molar-refractivity contribution in [1.29, 1.82) is 0 Å². The molecule has 2 saturated heterocycles. The van der Waals surface area contributed by atoms with E-state index < -0.39 is 10.0 Å². The van der Waals surface area contributed by atoms with E-state index in [4.69, 9.17) is 4.74 Å². The number of piperidine rings is 1. The number of methoxy groups -OCH3 is 1. The van der Waals surface area contributed by atoms with Crippen LogP contribution >= 0.6 is 0 Å². The van der Waals surface area contributed by atoms with Gasteiger partial charge in [0.2, 0.25) is 15.9 Å². The average Bonchev–Trinajstić information content (AvgIpc) is 2.56. The summed E-state index contributed by atoms with van der Waals surface area (Å²) < 4.78 is 29.8. The fourth-order valence-electron chi connectivity index (χ4n) is 4.06. The van der Waals surface area contributed by atoms with Crippen molar-refractivity contribution in [3.05, 3.63) is 0 Å². The van der Waals surface area contributed by atoms with Crippen molar-refractivity contribution in [2.45, 2.75) is 45.2 Å². The molecule has 0 spiro atoms. The summed E-state index contributed by atoms with van der Waals surface area (Å²) in [7, 11) is -1.42. The number of amides is 1. The van der Waals surface area contributed by atoms with E-state index in [0.29, 0.717) is 38.0 Å². The summed E-state index contributed by atoms with van der Waals surface area (Å²) >= 11 is 0. The molecule has 2 heterocycles. The first-order valence-electron chi connectivity index (χ1n) is 9.22. The summed E-state index contributed by atoms with van der Waals surface area (Å²) in [6, 6.07) is 0.668. The summed E-state index contributed by atoms with van der Waals surface area (Å²) in [5, 5.41) is 0. The molecule has 2 aliphatic rings. The van der Waals surface area contributed by atoms with Crippen LogP contribution < -0.4 is 0 Å². The molecule has 25 heavy (non-hydrogen) atoms. The Kier molecular flexibility index (Phi) is 7.25. The summed E-state index contributed by atoms with van der Waals surface area (Å²) in [6.07, 6.45) is 3.50. The maximum atomic E-state index is 12.9. The largest absolute Gasteiger partial charge is 0.385 e. The Balaban J connectivity index is 1.87. The molecule has 0 aliphatic carbocycles. The zero-order chi connectivity index (χ0) is 18.6. The summed E-state index contributed by atoms with van der Waals surface area (Å²) in [5.74, 6) is 0.154. The third kappa shape index (κ3) is 5.39. The molecule has 2 rings (SSSR count). The third-order valence-corrected chi connectivity index (χ3v) is 6.75. The van der Waals surface area contributed by atoms with Gasteiger partial charge >= 0.3 is 0 Å². The molecule has 2 fully saturated rings. The van der Waals surface area contributed by atoms with E-state index in [1.54, 1.807) is 7.11 Å². The molecule has 8 heteroatoms. The second-order valence-electron chi connectivity index (χ2n) is 7.46. The lowest BCUT2D eigenvalue weighted by molar-refractivity contribution is -0.141. The van der Waals surface area contributed by atoms with Gasteiger partial charge in [-0.15, -0.1) is 0 Å². The molecule has 2 aliphatic heterocycles. The summed E-state index contributed by atoms with van der Waals surface area (Å²) in [5.41, 5.74) is 0. The molecule has 2 atom stereocenters.